The van der Waals surface area contributed by atoms with Gasteiger partial charge in [0.2, 0.25) is 11.8 Å². The first-order valence-electron chi connectivity index (χ1n) is 7.70. The van der Waals surface area contributed by atoms with E-state index in [1.807, 2.05) is 30.3 Å². The Kier molecular flexibility index (Phi) is 4.22. The molecule has 8 heteroatoms. The second kappa shape index (κ2) is 6.53. The molecule has 0 aliphatic rings. The monoisotopic (exact) mass is 416 g/mol. The molecule has 3 heterocycles. The van der Waals surface area contributed by atoms with E-state index in [1.165, 1.54) is 10.9 Å². The highest BCUT2D eigenvalue weighted by Crippen LogP contribution is 2.22. The van der Waals surface area contributed by atoms with Crippen LogP contribution in [0.1, 0.15) is 17.7 Å². The van der Waals surface area contributed by atoms with Gasteiger partial charge < -0.3 is 4.42 Å². The average Bonchev–Trinajstić information content (AvgIpc) is 3.25. The molecule has 25 heavy (non-hydrogen) atoms. The topological polar surface area (TPSA) is 73.8 Å². The number of nitrogens with zero attached hydrogens (tertiary/aromatic N) is 4. The van der Waals surface area contributed by atoms with Crippen molar-refractivity contribution in [3.05, 3.63) is 62.3 Å². The highest BCUT2D eigenvalue weighted by Gasteiger charge is 2.12. The number of hydrogen-bond acceptors (Lipinski definition) is 6. The zero-order chi connectivity index (χ0) is 17.4. The molecule has 0 aliphatic carbocycles. The fourth-order valence-electron chi connectivity index (χ4n) is 2.47. The zero-order valence-corrected chi connectivity index (χ0v) is 15.7. The maximum Gasteiger partial charge on any atom is 0.262 e. The Hall–Kier alpha value is -2.32. The van der Waals surface area contributed by atoms with Crippen molar-refractivity contribution in [1.29, 1.82) is 0 Å². The van der Waals surface area contributed by atoms with Crippen LogP contribution in [-0.2, 0) is 13.0 Å². The molecule has 4 rings (SSSR count). The van der Waals surface area contributed by atoms with Crippen LogP contribution in [0.3, 0.4) is 0 Å². The lowest BCUT2D eigenvalue weighted by molar-refractivity contribution is 0.483. The fraction of sp³-hybridized carbons (Fsp3) is 0.176. The summed E-state index contributed by atoms with van der Waals surface area (Å²) in [5.41, 5.74) is 0.734. The van der Waals surface area contributed by atoms with E-state index in [2.05, 4.69) is 38.0 Å². The minimum Gasteiger partial charge on any atom is -0.419 e. The number of fused-ring (bicyclic) bond motifs is 1. The fourth-order valence-corrected chi connectivity index (χ4v) is 3.66. The minimum absolute atomic E-state index is 0.0932. The lowest BCUT2D eigenvalue weighted by atomic mass is 10.2. The Morgan fingerprint density at radius 2 is 2.04 bits per heavy atom. The van der Waals surface area contributed by atoms with E-state index in [9.17, 15) is 4.79 Å². The maximum absolute atomic E-state index is 12.6. The lowest BCUT2D eigenvalue weighted by Crippen LogP contribution is -2.20. The normalized spacial score (nSPS) is 11.3. The van der Waals surface area contributed by atoms with Crippen molar-refractivity contribution in [2.75, 3.05) is 0 Å². The molecular weight excluding hydrogens is 404 g/mol. The number of halogens is 1. The van der Waals surface area contributed by atoms with E-state index in [0.717, 1.165) is 26.2 Å². The molecule has 0 saturated heterocycles. The quantitative estimate of drug-likeness (QED) is 0.504. The number of aromatic nitrogens is 4. The average molecular weight is 417 g/mol. The Balaban J connectivity index is 1.64. The van der Waals surface area contributed by atoms with Crippen LogP contribution in [-0.4, -0.2) is 19.7 Å². The molecule has 0 saturated carbocycles. The third kappa shape index (κ3) is 3.14. The van der Waals surface area contributed by atoms with Crippen LogP contribution in [0.5, 0.6) is 0 Å². The van der Waals surface area contributed by atoms with Crippen molar-refractivity contribution < 1.29 is 4.42 Å². The molecule has 0 atom stereocenters. The summed E-state index contributed by atoms with van der Waals surface area (Å²) < 4.78 is 8.15. The van der Waals surface area contributed by atoms with Crippen LogP contribution in [0.2, 0.25) is 0 Å². The first kappa shape index (κ1) is 16.2. The van der Waals surface area contributed by atoms with Crippen LogP contribution in [0.15, 0.2) is 50.3 Å². The Morgan fingerprint density at radius 1 is 1.24 bits per heavy atom. The number of aryl methyl sites for hydroxylation is 1. The molecular formula is C17H13BrN4O2S. The summed E-state index contributed by atoms with van der Waals surface area (Å²) in [4.78, 5) is 18.9. The van der Waals surface area contributed by atoms with Gasteiger partial charge in [0.15, 0.2) is 0 Å². The highest BCUT2D eigenvalue weighted by molar-refractivity contribution is 9.10. The first-order valence-corrected chi connectivity index (χ1v) is 9.31. The number of benzene rings is 1. The molecule has 0 radical (unpaired) electrons. The Labute approximate surface area is 155 Å². The summed E-state index contributed by atoms with van der Waals surface area (Å²) >= 11 is 4.94. The summed E-state index contributed by atoms with van der Waals surface area (Å²) in [7, 11) is 0. The van der Waals surface area contributed by atoms with Gasteiger partial charge >= 0.3 is 0 Å². The van der Waals surface area contributed by atoms with Crippen molar-refractivity contribution in [1.82, 2.24) is 19.7 Å². The summed E-state index contributed by atoms with van der Waals surface area (Å²) in [6.45, 7) is 2.26. The molecule has 6 nitrogen and oxygen atoms in total. The van der Waals surface area contributed by atoms with Gasteiger partial charge in [-0.15, -0.1) is 21.5 Å². The maximum atomic E-state index is 12.6. The van der Waals surface area contributed by atoms with Gasteiger partial charge in [-0.1, -0.05) is 22.9 Å². The van der Waals surface area contributed by atoms with Gasteiger partial charge in [0.25, 0.3) is 5.56 Å². The molecule has 126 valence electrons. The Bertz CT molecular complexity index is 1100. The van der Waals surface area contributed by atoms with Crippen LogP contribution in [0.4, 0.5) is 0 Å². The second-order valence-corrected chi connectivity index (χ2v) is 7.50. The number of thiophene rings is 1. The summed E-state index contributed by atoms with van der Waals surface area (Å²) in [6.07, 6.45) is 2.42. The Morgan fingerprint density at radius 3 is 2.80 bits per heavy atom. The molecule has 0 aliphatic heterocycles. The number of hydrogen-bond donors (Lipinski definition) is 0. The van der Waals surface area contributed by atoms with Crippen molar-refractivity contribution in [2.45, 2.75) is 19.9 Å². The van der Waals surface area contributed by atoms with E-state index in [1.54, 1.807) is 11.3 Å². The van der Waals surface area contributed by atoms with Gasteiger partial charge in [0.05, 0.1) is 11.7 Å². The highest BCUT2D eigenvalue weighted by atomic mass is 79.9. The summed E-state index contributed by atoms with van der Waals surface area (Å²) in [5, 5.41) is 8.73. The van der Waals surface area contributed by atoms with Crippen LogP contribution < -0.4 is 5.56 Å². The number of rotatable bonds is 4. The van der Waals surface area contributed by atoms with Gasteiger partial charge in [-0.2, -0.15) is 0 Å². The molecule has 0 amide bonds. The van der Waals surface area contributed by atoms with E-state index < -0.39 is 0 Å². The second-order valence-electron chi connectivity index (χ2n) is 5.47. The van der Waals surface area contributed by atoms with Gasteiger partial charge in [0.1, 0.15) is 11.4 Å². The zero-order valence-electron chi connectivity index (χ0n) is 13.3. The third-order valence-electron chi connectivity index (χ3n) is 3.78. The van der Waals surface area contributed by atoms with Gasteiger partial charge in [-0.25, -0.2) is 4.98 Å². The molecule has 0 bridgehead atoms. The molecule has 0 spiro atoms. The van der Waals surface area contributed by atoms with E-state index >= 15 is 0 Å². The van der Waals surface area contributed by atoms with Crippen LogP contribution >= 0.6 is 27.3 Å². The molecule has 0 unspecified atom stereocenters. The molecule has 0 N–H and O–H groups in total. The predicted molar refractivity (Wildman–Crippen MR) is 99.8 cm³/mol. The van der Waals surface area contributed by atoms with Gasteiger partial charge in [0, 0.05) is 14.9 Å². The summed E-state index contributed by atoms with van der Waals surface area (Å²) in [6, 6.07) is 9.50. The summed E-state index contributed by atoms with van der Waals surface area (Å²) in [5.74, 6) is 0.792. The van der Waals surface area contributed by atoms with Crippen molar-refractivity contribution >= 4 is 37.5 Å². The van der Waals surface area contributed by atoms with Crippen molar-refractivity contribution in [3.8, 4) is 11.5 Å². The van der Waals surface area contributed by atoms with E-state index in [0.29, 0.717) is 17.2 Å². The van der Waals surface area contributed by atoms with Crippen LogP contribution in [0.25, 0.3) is 21.7 Å². The molecule has 0 fully saturated rings. The van der Waals surface area contributed by atoms with Crippen molar-refractivity contribution in [3.63, 3.8) is 0 Å². The molecule has 4 aromatic rings. The first-order chi connectivity index (χ1) is 12.1. The van der Waals surface area contributed by atoms with Crippen LogP contribution in [0, 0.1) is 0 Å². The smallest absolute Gasteiger partial charge is 0.262 e. The molecule has 1 aromatic carbocycles. The SMILES string of the molecule is CCc1cc2c(=O)n(Cc3nnc(-c4ccc(Br)cc4)o3)cnc2s1. The molecule has 3 aromatic heterocycles. The lowest BCUT2D eigenvalue weighted by Gasteiger charge is -2.01. The largest absolute Gasteiger partial charge is 0.419 e. The minimum atomic E-state index is -0.0932. The van der Waals surface area contributed by atoms with E-state index in [4.69, 9.17) is 4.42 Å². The predicted octanol–water partition coefficient (Wildman–Crippen LogP) is 3.88. The van der Waals surface area contributed by atoms with Crippen molar-refractivity contribution in [2.24, 2.45) is 0 Å². The van der Waals surface area contributed by atoms with Gasteiger partial charge in [-0.05, 0) is 36.8 Å². The standard InChI is InChI=1S/C17H13BrN4O2S/c1-2-12-7-13-16(25-12)19-9-22(17(13)23)8-14-20-21-15(24-14)10-3-5-11(18)6-4-10/h3-7,9H,2,8H2,1H3. The van der Waals surface area contributed by atoms with Gasteiger partial charge in [-0.3, -0.25) is 9.36 Å². The van der Waals surface area contributed by atoms with E-state index in [-0.39, 0.29) is 12.1 Å². The third-order valence-corrected chi connectivity index (χ3v) is 5.50.